The molecule has 3 rings (SSSR count). The molecule has 0 aliphatic heterocycles. The summed E-state index contributed by atoms with van der Waals surface area (Å²) < 4.78 is 87.1. The molecule has 46 heavy (non-hydrogen) atoms. The number of benzene rings is 2. The number of rotatable bonds is 13. The molecule has 0 aliphatic carbocycles. The molecule has 3 N–H and O–H groups in total. The molecular formula is C33H42F6N4O2S. The Labute approximate surface area is 270 Å². The average molecular weight is 673 g/mol. The van der Waals surface area contributed by atoms with Gasteiger partial charge in [-0.3, -0.25) is 0 Å². The third kappa shape index (κ3) is 11.1. The van der Waals surface area contributed by atoms with Crippen LogP contribution in [0.5, 0.6) is 0 Å². The van der Waals surface area contributed by atoms with Crippen LogP contribution >= 0.6 is 11.3 Å². The molecular weight excluding hydrogens is 630 g/mol. The molecule has 0 spiro atoms. The zero-order chi connectivity index (χ0) is 34.7. The van der Waals surface area contributed by atoms with Crippen LogP contribution in [0.3, 0.4) is 0 Å². The lowest BCUT2D eigenvalue weighted by Crippen LogP contribution is -2.40. The van der Waals surface area contributed by atoms with E-state index in [0.717, 1.165) is 27.8 Å². The highest BCUT2D eigenvalue weighted by molar-refractivity contribution is 7.16. The van der Waals surface area contributed by atoms with Crippen LogP contribution in [0.4, 0.5) is 26.3 Å². The summed E-state index contributed by atoms with van der Waals surface area (Å²) >= 11 is 1.56. The van der Waals surface area contributed by atoms with Gasteiger partial charge in [-0.15, -0.1) is 11.3 Å². The molecule has 0 bridgehead atoms. The molecule has 13 heteroatoms. The highest BCUT2D eigenvalue weighted by Gasteiger charge is 2.43. The van der Waals surface area contributed by atoms with Crippen molar-refractivity contribution in [2.75, 3.05) is 6.61 Å². The fraction of sp³-hybridized carbons (Fsp3) is 0.455. The van der Waals surface area contributed by atoms with Crippen LogP contribution in [-0.4, -0.2) is 34.7 Å². The van der Waals surface area contributed by atoms with Crippen LogP contribution in [0, 0.1) is 0 Å². The molecule has 2 unspecified atom stereocenters. The van der Waals surface area contributed by atoms with Gasteiger partial charge < -0.3 is 15.1 Å². The van der Waals surface area contributed by atoms with Crippen molar-refractivity contribution >= 4 is 27.5 Å². The van der Waals surface area contributed by atoms with E-state index in [9.17, 15) is 31.1 Å². The van der Waals surface area contributed by atoms with Crippen LogP contribution < -0.4 is 11.2 Å². The molecule has 2 aromatic carbocycles. The van der Waals surface area contributed by atoms with Crippen molar-refractivity contribution in [3.8, 4) is 0 Å². The van der Waals surface area contributed by atoms with Crippen molar-refractivity contribution in [2.45, 2.75) is 91.3 Å². The maximum absolute atomic E-state index is 13.5. The summed E-state index contributed by atoms with van der Waals surface area (Å²) in [6.07, 6.45) is -5.51. The SMILES string of the molecule is C=C(COC(=O)c1c(C(F)(F)F)cccc1C(F)(F)F)C(CCCC)N(N)/C=C(\C)C(C)NCc1ccc2ncsc2c1.CCC. The van der Waals surface area contributed by atoms with E-state index >= 15 is 0 Å². The monoisotopic (exact) mass is 672 g/mol. The first-order valence-electron chi connectivity index (χ1n) is 14.9. The van der Waals surface area contributed by atoms with Gasteiger partial charge in [-0.2, -0.15) is 26.3 Å². The molecule has 1 aromatic heterocycles. The third-order valence-corrected chi connectivity index (χ3v) is 7.77. The number of ether oxygens (including phenoxy) is 1. The van der Waals surface area contributed by atoms with E-state index in [1.807, 2.05) is 32.9 Å². The van der Waals surface area contributed by atoms with Crippen molar-refractivity contribution in [1.29, 1.82) is 0 Å². The lowest BCUT2D eigenvalue weighted by atomic mass is 9.99. The van der Waals surface area contributed by atoms with Crippen molar-refractivity contribution in [3.63, 3.8) is 0 Å². The fourth-order valence-corrected chi connectivity index (χ4v) is 5.15. The second-order valence-corrected chi connectivity index (χ2v) is 11.8. The molecule has 0 aliphatic rings. The van der Waals surface area contributed by atoms with E-state index in [0.29, 0.717) is 37.6 Å². The number of hydrazine groups is 1. The fourth-order valence-electron chi connectivity index (χ4n) is 4.41. The molecule has 1 heterocycles. The van der Waals surface area contributed by atoms with Gasteiger partial charge in [-0.05, 0) is 61.2 Å². The number of alkyl halides is 6. The van der Waals surface area contributed by atoms with Crippen molar-refractivity contribution in [1.82, 2.24) is 15.3 Å². The topological polar surface area (TPSA) is 80.5 Å². The maximum Gasteiger partial charge on any atom is 0.417 e. The summed E-state index contributed by atoms with van der Waals surface area (Å²) in [7, 11) is 0. The van der Waals surface area contributed by atoms with E-state index in [2.05, 4.69) is 36.8 Å². The number of carbonyl (C=O) groups excluding carboxylic acids is 1. The summed E-state index contributed by atoms with van der Waals surface area (Å²) in [5.41, 5.74) is -0.149. The molecule has 0 saturated carbocycles. The first-order valence-corrected chi connectivity index (χ1v) is 15.8. The van der Waals surface area contributed by atoms with Crippen molar-refractivity contribution in [2.24, 2.45) is 5.84 Å². The minimum absolute atomic E-state index is 0.0965. The highest BCUT2D eigenvalue weighted by atomic mass is 32.1. The van der Waals surface area contributed by atoms with Gasteiger partial charge in [0.1, 0.15) is 6.61 Å². The number of hydrogen-bond acceptors (Lipinski definition) is 7. The first kappa shape index (κ1) is 38.8. The normalized spacial score (nSPS) is 13.5. The largest absolute Gasteiger partial charge is 0.457 e. The van der Waals surface area contributed by atoms with Crippen LogP contribution in [0.1, 0.15) is 87.4 Å². The smallest absolute Gasteiger partial charge is 0.417 e. The molecule has 254 valence electrons. The lowest BCUT2D eigenvalue weighted by Gasteiger charge is -2.30. The van der Waals surface area contributed by atoms with Gasteiger partial charge >= 0.3 is 18.3 Å². The number of nitrogens with zero attached hydrogens (tertiary/aromatic N) is 2. The van der Waals surface area contributed by atoms with Crippen LogP contribution in [0.15, 0.2) is 65.8 Å². The molecule has 0 radical (unpaired) electrons. The quantitative estimate of drug-likeness (QED) is 0.0620. The van der Waals surface area contributed by atoms with Gasteiger partial charge in [0.25, 0.3) is 0 Å². The van der Waals surface area contributed by atoms with Crippen LogP contribution in [0.2, 0.25) is 0 Å². The van der Waals surface area contributed by atoms with E-state index in [1.165, 1.54) is 11.4 Å². The molecule has 0 saturated heterocycles. The van der Waals surface area contributed by atoms with Gasteiger partial charge in [-0.25, -0.2) is 15.6 Å². The maximum atomic E-state index is 13.5. The van der Waals surface area contributed by atoms with E-state index in [-0.39, 0.29) is 11.6 Å². The minimum atomic E-state index is -5.20. The first-order chi connectivity index (χ1) is 21.5. The van der Waals surface area contributed by atoms with Gasteiger partial charge in [0.05, 0.1) is 38.5 Å². The number of aromatic nitrogens is 1. The zero-order valence-corrected chi connectivity index (χ0v) is 27.5. The third-order valence-electron chi connectivity index (χ3n) is 6.97. The predicted molar refractivity (Wildman–Crippen MR) is 171 cm³/mol. The Balaban J connectivity index is 0.00000236. The number of carbonyl (C=O) groups is 1. The second-order valence-electron chi connectivity index (χ2n) is 10.9. The minimum Gasteiger partial charge on any atom is -0.457 e. The van der Waals surface area contributed by atoms with Crippen LogP contribution in [0.25, 0.3) is 10.2 Å². The Kier molecular flexibility index (Phi) is 14.7. The number of thiazole rings is 1. The Morgan fingerprint density at radius 3 is 2.28 bits per heavy atom. The number of unbranched alkanes of at least 4 members (excludes halogenated alkanes) is 1. The molecule has 2 atom stereocenters. The number of nitrogens with two attached hydrogens (primary N) is 1. The van der Waals surface area contributed by atoms with Crippen molar-refractivity contribution < 1.29 is 35.9 Å². The van der Waals surface area contributed by atoms with Gasteiger partial charge in [0.15, 0.2) is 0 Å². The Hall–Kier alpha value is -3.42. The standard InChI is InChI=1S/C30H34F6N4O2S.C3H8/c1-5-6-10-25(40(37)15-18(2)20(4)38-14-21-11-12-24-26(13-21)43-17-39-24)19(3)16-42-28(41)27-22(29(31,32)33)8-7-9-23(27)30(34,35)36;1-3-2/h7-9,11-13,15,17,20,25,38H,3,5-6,10,14,16,37H2,1-2,4H3;3H2,1-2H3/b18-15+;. The number of halogens is 6. The van der Waals surface area contributed by atoms with E-state index < -0.39 is 47.7 Å². The molecule has 3 aromatic rings. The Morgan fingerprint density at radius 2 is 1.72 bits per heavy atom. The average Bonchev–Trinajstić information content (AvgIpc) is 3.46. The number of esters is 1. The van der Waals surface area contributed by atoms with Crippen LogP contribution in [-0.2, 0) is 23.6 Å². The highest BCUT2D eigenvalue weighted by Crippen LogP contribution is 2.39. The van der Waals surface area contributed by atoms with E-state index in [1.54, 1.807) is 23.0 Å². The summed E-state index contributed by atoms with van der Waals surface area (Å²) in [5.74, 6) is 4.61. The zero-order valence-electron chi connectivity index (χ0n) is 26.7. The summed E-state index contributed by atoms with van der Waals surface area (Å²) in [6.45, 7) is 13.9. The Bertz CT molecular complexity index is 1440. The molecule has 0 fully saturated rings. The molecule has 6 nitrogen and oxygen atoms in total. The second kappa shape index (κ2) is 17.5. The summed E-state index contributed by atoms with van der Waals surface area (Å²) in [4.78, 5) is 16.9. The number of nitrogens with one attached hydrogen (secondary N) is 1. The van der Waals surface area contributed by atoms with Gasteiger partial charge in [-0.1, -0.05) is 58.7 Å². The van der Waals surface area contributed by atoms with Gasteiger partial charge in [0.2, 0.25) is 0 Å². The molecule has 0 amide bonds. The van der Waals surface area contributed by atoms with Gasteiger partial charge in [0, 0.05) is 18.8 Å². The van der Waals surface area contributed by atoms with E-state index in [4.69, 9.17) is 10.6 Å². The lowest BCUT2D eigenvalue weighted by molar-refractivity contribution is -0.144. The Morgan fingerprint density at radius 1 is 1.11 bits per heavy atom. The predicted octanol–water partition coefficient (Wildman–Crippen LogP) is 9.28. The summed E-state index contributed by atoms with van der Waals surface area (Å²) in [6, 6.07) is 6.74. The summed E-state index contributed by atoms with van der Waals surface area (Å²) in [5, 5.41) is 4.81. The number of hydrogen-bond donors (Lipinski definition) is 2. The number of fused-ring (bicyclic) bond motifs is 1. The van der Waals surface area contributed by atoms with Crippen molar-refractivity contribution in [3.05, 3.63) is 88.1 Å².